The third kappa shape index (κ3) is 1.23. The molecule has 3 aromatic heterocycles. The quantitative estimate of drug-likeness (QED) is 0.630. The highest BCUT2D eigenvalue weighted by atomic mass is 16.5. The average Bonchev–Trinajstić information content (AvgIpc) is 3.01. The van der Waals surface area contributed by atoms with Crippen molar-refractivity contribution >= 4 is 0 Å². The molecule has 0 aliphatic rings. The maximum atomic E-state index is 4.91. The van der Waals surface area contributed by atoms with Crippen molar-refractivity contribution in [1.82, 2.24) is 19.9 Å². The highest BCUT2D eigenvalue weighted by molar-refractivity contribution is 5.63. The molecule has 0 atom stereocenters. The first-order valence-electron chi connectivity index (χ1n) is 4.28. The van der Waals surface area contributed by atoms with Gasteiger partial charge in [0.2, 0.25) is 0 Å². The van der Waals surface area contributed by atoms with Crippen LogP contribution in [0.4, 0.5) is 0 Å². The fourth-order valence-corrected chi connectivity index (χ4v) is 1.33. The van der Waals surface area contributed by atoms with Gasteiger partial charge < -0.3 is 13.6 Å². The van der Waals surface area contributed by atoms with Gasteiger partial charge in [0.05, 0.1) is 6.33 Å². The summed E-state index contributed by atoms with van der Waals surface area (Å²) < 4.78 is 11.5. The zero-order valence-corrected chi connectivity index (χ0v) is 7.57. The second-order valence-electron chi connectivity index (χ2n) is 2.90. The molecule has 15 heavy (non-hydrogen) atoms. The monoisotopic (exact) mass is 202 g/mol. The first-order chi connectivity index (χ1) is 7.45. The van der Waals surface area contributed by atoms with Gasteiger partial charge in [0.1, 0.15) is 23.9 Å². The van der Waals surface area contributed by atoms with E-state index in [4.69, 9.17) is 9.05 Å². The van der Waals surface area contributed by atoms with Crippen LogP contribution in [0.3, 0.4) is 0 Å². The van der Waals surface area contributed by atoms with Gasteiger partial charge in [-0.2, -0.15) is 0 Å². The smallest absolute Gasteiger partial charge is 0.159 e. The second-order valence-corrected chi connectivity index (χ2v) is 2.90. The summed E-state index contributed by atoms with van der Waals surface area (Å²) in [6.07, 6.45) is 8.17. The van der Waals surface area contributed by atoms with Crippen LogP contribution in [-0.2, 0) is 0 Å². The molecule has 6 heteroatoms. The number of hydrogen-bond donors (Lipinski definition) is 0. The van der Waals surface area contributed by atoms with E-state index in [9.17, 15) is 0 Å². The molecule has 74 valence electrons. The van der Waals surface area contributed by atoms with E-state index in [1.165, 1.54) is 12.5 Å². The molecule has 0 bridgehead atoms. The average molecular weight is 202 g/mol. The highest BCUT2D eigenvalue weighted by Gasteiger charge is 2.13. The van der Waals surface area contributed by atoms with E-state index in [2.05, 4.69) is 15.3 Å². The molecule has 0 aliphatic heterocycles. The van der Waals surface area contributed by atoms with E-state index >= 15 is 0 Å². The fourth-order valence-electron chi connectivity index (χ4n) is 1.33. The molecule has 0 spiro atoms. The molecule has 0 unspecified atom stereocenters. The van der Waals surface area contributed by atoms with E-state index in [0.717, 1.165) is 5.69 Å². The Hall–Kier alpha value is -2.37. The molecule has 6 nitrogen and oxygen atoms in total. The Morgan fingerprint density at radius 3 is 2.93 bits per heavy atom. The lowest BCUT2D eigenvalue weighted by Crippen LogP contribution is -1.91. The van der Waals surface area contributed by atoms with Crippen LogP contribution in [0.5, 0.6) is 0 Å². The minimum atomic E-state index is 0.627. The van der Waals surface area contributed by atoms with Crippen molar-refractivity contribution < 1.29 is 9.05 Å². The van der Waals surface area contributed by atoms with Gasteiger partial charge >= 0.3 is 0 Å². The summed E-state index contributed by atoms with van der Waals surface area (Å²) >= 11 is 0. The Bertz CT molecular complexity index is 490. The minimum Gasteiger partial charge on any atom is -0.364 e. The zero-order valence-electron chi connectivity index (χ0n) is 7.57. The molecule has 0 radical (unpaired) electrons. The number of imidazole rings is 1. The Labute approximate surface area is 84.1 Å². The van der Waals surface area contributed by atoms with Crippen molar-refractivity contribution in [2.45, 2.75) is 0 Å². The van der Waals surface area contributed by atoms with Gasteiger partial charge in [0.25, 0.3) is 0 Å². The number of aromatic nitrogens is 4. The molecular weight excluding hydrogens is 196 g/mol. The Morgan fingerprint density at radius 1 is 1.20 bits per heavy atom. The molecule has 0 fully saturated rings. The van der Waals surface area contributed by atoms with Crippen LogP contribution in [0.2, 0.25) is 0 Å². The zero-order chi connectivity index (χ0) is 10.1. The van der Waals surface area contributed by atoms with Crippen LogP contribution < -0.4 is 0 Å². The van der Waals surface area contributed by atoms with Gasteiger partial charge in [-0.15, -0.1) is 0 Å². The Balaban J connectivity index is 2.15. The van der Waals surface area contributed by atoms with E-state index in [1.807, 2.05) is 0 Å². The number of hydrogen-bond acceptors (Lipinski definition) is 5. The van der Waals surface area contributed by atoms with Gasteiger partial charge in [-0.1, -0.05) is 10.3 Å². The Morgan fingerprint density at radius 2 is 2.20 bits per heavy atom. The fraction of sp³-hybridized carbons (Fsp3) is 0. The van der Waals surface area contributed by atoms with Crippen molar-refractivity contribution in [3.63, 3.8) is 0 Å². The molecule has 3 heterocycles. The lowest BCUT2D eigenvalue weighted by atomic mass is 10.3. The molecule has 3 rings (SSSR count). The molecule has 3 aromatic rings. The summed E-state index contributed by atoms with van der Waals surface area (Å²) in [5.41, 5.74) is 2.04. The molecule has 0 aliphatic carbocycles. The number of rotatable bonds is 2. The van der Waals surface area contributed by atoms with Gasteiger partial charge in [-0.05, 0) is 0 Å². The third-order valence-electron chi connectivity index (χ3n) is 2.01. The van der Waals surface area contributed by atoms with Gasteiger partial charge in [0, 0.05) is 18.5 Å². The van der Waals surface area contributed by atoms with Crippen molar-refractivity contribution in [3.8, 4) is 17.1 Å². The number of nitrogens with zero attached hydrogens (tertiary/aromatic N) is 4. The van der Waals surface area contributed by atoms with Crippen molar-refractivity contribution in [1.29, 1.82) is 0 Å². The van der Waals surface area contributed by atoms with Gasteiger partial charge in [-0.3, -0.25) is 0 Å². The summed E-state index contributed by atoms with van der Waals surface area (Å²) in [6, 6.07) is 1.72. The molecule has 0 amide bonds. The van der Waals surface area contributed by atoms with E-state index in [0.29, 0.717) is 11.4 Å². The van der Waals surface area contributed by atoms with E-state index in [-0.39, 0.29) is 0 Å². The van der Waals surface area contributed by atoms with Crippen LogP contribution in [-0.4, -0.2) is 19.9 Å². The lowest BCUT2D eigenvalue weighted by Gasteiger charge is -1.96. The standard InChI is InChI=1S/C9H6N4O2/c1-4-14-11-7(1)9-8(5-15-12-9)13-3-2-10-6-13/h1-6H. The second kappa shape index (κ2) is 3.09. The van der Waals surface area contributed by atoms with E-state index < -0.39 is 0 Å². The van der Waals surface area contributed by atoms with Crippen molar-refractivity contribution in [3.05, 3.63) is 37.3 Å². The first kappa shape index (κ1) is 7.98. The minimum absolute atomic E-state index is 0.627. The predicted octanol–water partition coefficient (Wildman–Crippen LogP) is 1.52. The van der Waals surface area contributed by atoms with E-state index in [1.54, 1.807) is 29.4 Å². The molecule has 0 saturated carbocycles. The van der Waals surface area contributed by atoms with Crippen LogP contribution in [0, 0.1) is 0 Å². The maximum Gasteiger partial charge on any atom is 0.159 e. The topological polar surface area (TPSA) is 69.9 Å². The molecule has 0 N–H and O–H groups in total. The summed E-state index contributed by atoms with van der Waals surface area (Å²) in [5, 5.41) is 7.67. The SMILES string of the molecule is c1cn(-c2conc2-c2ccon2)cn1. The molecular formula is C9H6N4O2. The molecule has 0 aromatic carbocycles. The predicted molar refractivity (Wildman–Crippen MR) is 49.1 cm³/mol. The van der Waals surface area contributed by atoms with Crippen LogP contribution in [0.15, 0.2) is 46.4 Å². The lowest BCUT2D eigenvalue weighted by molar-refractivity contribution is 0.412. The van der Waals surface area contributed by atoms with Gasteiger partial charge in [0.15, 0.2) is 5.69 Å². The summed E-state index contributed by atoms with van der Waals surface area (Å²) in [4.78, 5) is 3.95. The molecule has 0 saturated heterocycles. The summed E-state index contributed by atoms with van der Waals surface area (Å²) in [5.74, 6) is 0. The summed E-state index contributed by atoms with van der Waals surface area (Å²) in [6.45, 7) is 0. The maximum absolute atomic E-state index is 4.91. The third-order valence-corrected chi connectivity index (χ3v) is 2.01. The summed E-state index contributed by atoms with van der Waals surface area (Å²) in [7, 11) is 0. The normalized spacial score (nSPS) is 10.7. The van der Waals surface area contributed by atoms with Crippen LogP contribution in [0.25, 0.3) is 17.1 Å². The van der Waals surface area contributed by atoms with Gasteiger partial charge in [-0.25, -0.2) is 4.98 Å². The first-order valence-corrected chi connectivity index (χ1v) is 4.28. The van der Waals surface area contributed by atoms with Crippen molar-refractivity contribution in [2.24, 2.45) is 0 Å². The van der Waals surface area contributed by atoms with Crippen molar-refractivity contribution in [2.75, 3.05) is 0 Å². The van der Waals surface area contributed by atoms with Crippen LogP contribution in [0.1, 0.15) is 0 Å². The highest BCUT2D eigenvalue weighted by Crippen LogP contribution is 2.23. The Kier molecular flexibility index (Phi) is 1.64. The largest absolute Gasteiger partial charge is 0.364 e. The van der Waals surface area contributed by atoms with Crippen LogP contribution >= 0.6 is 0 Å².